The lowest BCUT2D eigenvalue weighted by Crippen LogP contribution is -2.18. The fourth-order valence-electron chi connectivity index (χ4n) is 1.77. The highest BCUT2D eigenvalue weighted by molar-refractivity contribution is 5.47. The van der Waals surface area contributed by atoms with Gasteiger partial charge in [-0.2, -0.15) is 10.2 Å². The molecule has 0 radical (unpaired) electrons. The standard InChI is InChI=1S/C13H16N4O/c1-3-13(2,6-7-14)9-11-16-12(17-18-11)10-5-4-8-15-10/h4-5,8,15H,3,6,9H2,1-2H3. The number of hydrogen-bond acceptors (Lipinski definition) is 4. The van der Waals surface area contributed by atoms with Crippen LogP contribution in [0.15, 0.2) is 22.9 Å². The molecule has 0 aliphatic carbocycles. The smallest absolute Gasteiger partial charge is 0.227 e. The van der Waals surface area contributed by atoms with Gasteiger partial charge in [-0.25, -0.2) is 0 Å². The third-order valence-electron chi connectivity index (χ3n) is 3.24. The van der Waals surface area contributed by atoms with Crippen LogP contribution in [0.2, 0.25) is 0 Å². The van der Waals surface area contributed by atoms with Crippen LogP contribution < -0.4 is 0 Å². The summed E-state index contributed by atoms with van der Waals surface area (Å²) in [5, 5.41) is 12.8. The van der Waals surface area contributed by atoms with Crippen molar-refractivity contribution < 1.29 is 4.52 Å². The van der Waals surface area contributed by atoms with Crippen molar-refractivity contribution in [3.63, 3.8) is 0 Å². The Hall–Kier alpha value is -2.09. The predicted molar refractivity (Wildman–Crippen MR) is 66.4 cm³/mol. The molecule has 2 aromatic heterocycles. The van der Waals surface area contributed by atoms with E-state index in [2.05, 4.69) is 35.0 Å². The molecule has 94 valence electrons. The number of aromatic nitrogens is 3. The van der Waals surface area contributed by atoms with Crippen LogP contribution in [-0.4, -0.2) is 15.1 Å². The molecule has 0 amide bonds. The van der Waals surface area contributed by atoms with Gasteiger partial charge in [0.15, 0.2) is 0 Å². The van der Waals surface area contributed by atoms with E-state index in [0.29, 0.717) is 24.6 Å². The number of rotatable bonds is 5. The molecule has 0 saturated carbocycles. The first-order valence-electron chi connectivity index (χ1n) is 6.00. The van der Waals surface area contributed by atoms with Gasteiger partial charge in [-0.1, -0.05) is 19.0 Å². The van der Waals surface area contributed by atoms with E-state index in [0.717, 1.165) is 12.1 Å². The lowest BCUT2D eigenvalue weighted by molar-refractivity contribution is 0.266. The van der Waals surface area contributed by atoms with E-state index in [4.69, 9.17) is 9.78 Å². The molecule has 0 bridgehead atoms. The van der Waals surface area contributed by atoms with Crippen molar-refractivity contribution in [2.75, 3.05) is 0 Å². The van der Waals surface area contributed by atoms with Crippen molar-refractivity contribution in [1.29, 1.82) is 5.26 Å². The van der Waals surface area contributed by atoms with Gasteiger partial charge in [0.05, 0.1) is 11.8 Å². The van der Waals surface area contributed by atoms with Crippen LogP contribution in [0.4, 0.5) is 0 Å². The Bertz CT molecular complexity index is 538. The Morgan fingerprint density at radius 2 is 2.39 bits per heavy atom. The number of nitrogens with zero attached hydrogens (tertiary/aromatic N) is 3. The number of nitriles is 1. The molecule has 0 fully saturated rings. The van der Waals surface area contributed by atoms with Gasteiger partial charge in [0, 0.05) is 19.0 Å². The molecule has 5 nitrogen and oxygen atoms in total. The van der Waals surface area contributed by atoms with E-state index in [-0.39, 0.29) is 5.41 Å². The minimum Gasteiger partial charge on any atom is -0.359 e. The lowest BCUT2D eigenvalue weighted by atomic mass is 9.81. The summed E-state index contributed by atoms with van der Waals surface area (Å²) in [6, 6.07) is 6.00. The van der Waals surface area contributed by atoms with Crippen LogP contribution >= 0.6 is 0 Å². The van der Waals surface area contributed by atoms with Crippen molar-refractivity contribution in [3.05, 3.63) is 24.2 Å². The molecule has 2 heterocycles. The summed E-state index contributed by atoms with van der Waals surface area (Å²) in [6.07, 6.45) is 3.84. The van der Waals surface area contributed by atoms with E-state index < -0.39 is 0 Å². The highest BCUT2D eigenvalue weighted by atomic mass is 16.5. The third-order valence-corrected chi connectivity index (χ3v) is 3.24. The second kappa shape index (κ2) is 5.05. The second-order valence-electron chi connectivity index (χ2n) is 4.77. The normalized spacial score (nSPS) is 14.1. The second-order valence-corrected chi connectivity index (χ2v) is 4.77. The maximum Gasteiger partial charge on any atom is 0.227 e. The molecular formula is C13H16N4O. The van der Waals surface area contributed by atoms with Gasteiger partial charge in [0.25, 0.3) is 0 Å². The first kappa shape index (κ1) is 12.4. The van der Waals surface area contributed by atoms with Crippen LogP contribution in [0, 0.1) is 16.7 Å². The fourth-order valence-corrected chi connectivity index (χ4v) is 1.77. The number of nitrogens with one attached hydrogen (secondary N) is 1. The van der Waals surface area contributed by atoms with E-state index in [1.807, 2.05) is 18.3 Å². The molecule has 1 unspecified atom stereocenters. The molecule has 2 rings (SSSR count). The summed E-state index contributed by atoms with van der Waals surface area (Å²) in [7, 11) is 0. The SMILES string of the molecule is CCC(C)(CC#N)Cc1nc(-c2ccc[nH]2)no1. The molecule has 2 aromatic rings. The number of aromatic amines is 1. The van der Waals surface area contributed by atoms with Crippen LogP contribution in [0.3, 0.4) is 0 Å². The van der Waals surface area contributed by atoms with Gasteiger partial charge in [0.2, 0.25) is 11.7 Å². The summed E-state index contributed by atoms with van der Waals surface area (Å²) in [5.41, 5.74) is 0.734. The zero-order valence-electron chi connectivity index (χ0n) is 10.6. The Morgan fingerprint density at radius 1 is 1.56 bits per heavy atom. The van der Waals surface area contributed by atoms with E-state index >= 15 is 0 Å². The van der Waals surface area contributed by atoms with Crippen molar-refractivity contribution in [2.24, 2.45) is 5.41 Å². The van der Waals surface area contributed by atoms with Crippen molar-refractivity contribution in [2.45, 2.75) is 33.1 Å². The van der Waals surface area contributed by atoms with Gasteiger partial charge in [-0.15, -0.1) is 0 Å². The van der Waals surface area contributed by atoms with Crippen molar-refractivity contribution >= 4 is 0 Å². The van der Waals surface area contributed by atoms with E-state index in [1.54, 1.807) is 0 Å². The largest absolute Gasteiger partial charge is 0.359 e. The van der Waals surface area contributed by atoms with Crippen LogP contribution in [0.1, 0.15) is 32.6 Å². The number of H-pyrrole nitrogens is 1. The Balaban J connectivity index is 2.14. The summed E-state index contributed by atoms with van der Waals surface area (Å²) in [4.78, 5) is 7.38. The molecule has 0 spiro atoms. The third kappa shape index (κ3) is 2.59. The molecule has 18 heavy (non-hydrogen) atoms. The first-order valence-corrected chi connectivity index (χ1v) is 6.00. The van der Waals surface area contributed by atoms with Gasteiger partial charge in [-0.3, -0.25) is 0 Å². The molecule has 0 aromatic carbocycles. The van der Waals surface area contributed by atoms with Crippen molar-refractivity contribution in [3.8, 4) is 17.6 Å². The number of hydrogen-bond donors (Lipinski definition) is 1. The van der Waals surface area contributed by atoms with Gasteiger partial charge in [0.1, 0.15) is 0 Å². The lowest BCUT2D eigenvalue weighted by Gasteiger charge is -2.22. The molecular weight excluding hydrogens is 228 g/mol. The fraction of sp³-hybridized carbons (Fsp3) is 0.462. The maximum absolute atomic E-state index is 8.84. The van der Waals surface area contributed by atoms with Crippen LogP contribution in [0.5, 0.6) is 0 Å². The zero-order valence-corrected chi connectivity index (χ0v) is 10.6. The van der Waals surface area contributed by atoms with Crippen LogP contribution in [-0.2, 0) is 6.42 Å². The summed E-state index contributed by atoms with van der Waals surface area (Å²) < 4.78 is 5.24. The predicted octanol–water partition coefficient (Wildman–Crippen LogP) is 2.94. The molecule has 1 atom stereocenters. The molecule has 0 saturated heterocycles. The van der Waals surface area contributed by atoms with Crippen LogP contribution in [0.25, 0.3) is 11.5 Å². The minimum absolute atomic E-state index is 0.103. The quantitative estimate of drug-likeness (QED) is 0.877. The molecule has 0 aliphatic heterocycles. The molecule has 0 aliphatic rings. The van der Waals surface area contributed by atoms with E-state index in [1.165, 1.54) is 0 Å². The summed E-state index contributed by atoms with van der Waals surface area (Å²) >= 11 is 0. The molecule has 1 N–H and O–H groups in total. The first-order chi connectivity index (χ1) is 8.67. The van der Waals surface area contributed by atoms with Gasteiger partial charge >= 0.3 is 0 Å². The van der Waals surface area contributed by atoms with E-state index in [9.17, 15) is 0 Å². The Labute approximate surface area is 106 Å². The monoisotopic (exact) mass is 244 g/mol. The average Bonchev–Trinajstić information content (AvgIpc) is 2.99. The topological polar surface area (TPSA) is 78.5 Å². The van der Waals surface area contributed by atoms with Gasteiger partial charge in [-0.05, 0) is 24.0 Å². The maximum atomic E-state index is 8.84. The van der Waals surface area contributed by atoms with Crippen molar-refractivity contribution in [1.82, 2.24) is 15.1 Å². The highest BCUT2D eigenvalue weighted by Gasteiger charge is 2.25. The van der Waals surface area contributed by atoms with Gasteiger partial charge < -0.3 is 9.51 Å². The Morgan fingerprint density at radius 3 is 3.00 bits per heavy atom. The zero-order chi connectivity index (χ0) is 13.0. The summed E-state index contributed by atoms with van der Waals surface area (Å²) in [6.45, 7) is 4.13. The minimum atomic E-state index is -0.103. The average molecular weight is 244 g/mol. The highest BCUT2D eigenvalue weighted by Crippen LogP contribution is 2.29. The molecule has 5 heteroatoms. The Kier molecular flexibility index (Phi) is 3.47. The summed E-state index contributed by atoms with van der Waals surface area (Å²) in [5.74, 6) is 1.14.